The van der Waals surface area contributed by atoms with E-state index in [1.807, 2.05) is 56.4 Å². The van der Waals surface area contributed by atoms with Crippen molar-refractivity contribution in [3.8, 4) is 11.5 Å². The molecule has 5 rings (SSSR count). The average molecular weight is 426 g/mol. The SMILES string of the molecule is Cc1cc(N)nc(C)c1CNc1ncnc2nn(Cc3coc(-c4ccccc4)n3)cc12. The molecule has 0 unspecified atom stereocenters. The number of pyridine rings is 1. The van der Waals surface area contributed by atoms with Crippen LogP contribution < -0.4 is 11.1 Å². The fourth-order valence-electron chi connectivity index (χ4n) is 3.69. The third-order valence-corrected chi connectivity index (χ3v) is 5.27. The minimum Gasteiger partial charge on any atom is -0.444 e. The van der Waals surface area contributed by atoms with E-state index in [1.165, 1.54) is 6.33 Å². The minimum absolute atomic E-state index is 0.465. The van der Waals surface area contributed by atoms with Gasteiger partial charge in [-0.25, -0.2) is 19.9 Å². The number of hydrogen-bond donors (Lipinski definition) is 2. The second-order valence-corrected chi connectivity index (χ2v) is 7.58. The molecular weight excluding hydrogens is 404 g/mol. The summed E-state index contributed by atoms with van der Waals surface area (Å²) in [5.74, 6) is 1.82. The van der Waals surface area contributed by atoms with E-state index in [2.05, 4.69) is 30.4 Å². The molecule has 0 saturated heterocycles. The van der Waals surface area contributed by atoms with Crippen LogP contribution in [0.4, 0.5) is 11.6 Å². The zero-order valence-corrected chi connectivity index (χ0v) is 17.8. The molecule has 9 heteroatoms. The molecule has 3 N–H and O–H groups in total. The van der Waals surface area contributed by atoms with E-state index in [4.69, 9.17) is 10.2 Å². The van der Waals surface area contributed by atoms with Crippen molar-refractivity contribution in [1.29, 1.82) is 0 Å². The summed E-state index contributed by atoms with van der Waals surface area (Å²) in [7, 11) is 0. The summed E-state index contributed by atoms with van der Waals surface area (Å²) in [4.78, 5) is 17.6. The number of aryl methyl sites for hydroxylation is 2. The first-order chi connectivity index (χ1) is 15.6. The van der Waals surface area contributed by atoms with E-state index in [9.17, 15) is 0 Å². The van der Waals surface area contributed by atoms with Crippen LogP contribution in [0.15, 0.2) is 59.6 Å². The highest BCUT2D eigenvalue weighted by Crippen LogP contribution is 2.22. The average Bonchev–Trinajstić information content (AvgIpc) is 3.41. The van der Waals surface area contributed by atoms with Gasteiger partial charge in [0.25, 0.3) is 0 Å². The molecule has 0 bridgehead atoms. The van der Waals surface area contributed by atoms with Crippen LogP contribution in [-0.2, 0) is 13.1 Å². The Morgan fingerprint density at radius 1 is 1.09 bits per heavy atom. The summed E-state index contributed by atoms with van der Waals surface area (Å²) >= 11 is 0. The maximum absolute atomic E-state index is 5.84. The van der Waals surface area contributed by atoms with Gasteiger partial charge in [-0.3, -0.25) is 4.68 Å². The van der Waals surface area contributed by atoms with Gasteiger partial charge in [-0.05, 0) is 43.2 Å². The number of rotatable bonds is 6. The Balaban J connectivity index is 1.36. The Morgan fingerprint density at radius 2 is 1.94 bits per heavy atom. The molecule has 0 spiro atoms. The van der Waals surface area contributed by atoms with Crippen LogP contribution in [0.25, 0.3) is 22.5 Å². The van der Waals surface area contributed by atoms with Crippen molar-refractivity contribution in [2.45, 2.75) is 26.9 Å². The van der Waals surface area contributed by atoms with E-state index in [0.29, 0.717) is 36.3 Å². The van der Waals surface area contributed by atoms with Crippen LogP contribution in [0.5, 0.6) is 0 Å². The number of aromatic nitrogens is 6. The van der Waals surface area contributed by atoms with Gasteiger partial charge < -0.3 is 15.5 Å². The topological polar surface area (TPSA) is 121 Å². The van der Waals surface area contributed by atoms with Gasteiger partial charge in [0.2, 0.25) is 5.89 Å². The number of fused-ring (bicyclic) bond motifs is 1. The summed E-state index contributed by atoms with van der Waals surface area (Å²) in [5.41, 5.74) is 11.2. The number of hydrogen-bond acceptors (Lipinski definition) is 8. The molecule has 32 heavy (non-hydrogen) atoms. The molecule has 0 radical (unpaired) electrons. The molecule has 1 aromatic carbocycles. The van der Waals surface area contributed by atoms with E-state index < -0.39 is 0 Å². The first kappa shape index (κ1) is 19.7. The highest BCUT2D eigenvalue weighted by atomic mass is 16.3. The third-order valence-electron chi connectivity index (χ3n) is 5.27. The second kappa shape index (κ2) is 8.10. The molecule has 9 nitrogen and oxygen atoms in total. The van der Waals surface area contributed by atoms with E-state index in [0.717, 1.165) is 33.5 Å². The molecule has 0 aliphatic rings. The van der Waals surface area contributed by atoms with Crippen molar-refractivity contribution in [1.82, 2.24) is 29.7 Å². The lowest BCUT2D eigenvalue weighted by molar-refractivity contribution is 0.569. The van der Waals surface area contributed by atoms with Crippen molar-refractivity contribution in [3.63, 3.8) is 0 Å². The Hall–Kier alpha value is -4.27. The van der Waals surface area contributed by atoms with Crippen LogP contribution in [0.3, 0.4) is 0 Å². The van der Waals surface area contributed by atoms with Gasteiger partial charge in [-0.15, -0.1) is 0 Å². The Morgan fingerprint density at radius 3 is 2.75 bits per heavy atom. The predicted molar refractivity (Wildman–Crippen MR) is 122 cm³/mol. The number of nitrogens with two attached hydrogens (primary N) is 1. The van der Waals surface area contributed by atoms with Crippen molar-refractivity contribution >= 4 is 22.7 Å². The van der Waals surface area contributed by atoms with Crippen LogP contribution >= 0.6 is 0 Å². The van der Waals surface area contributed by atoms with Gasteiger partial charge in [0.1, 0.15) is 29.9 Å². The summed E-state index contributed by atoms with van der Waals surface area (Å²) < 4.78 is 7.42. The standard InChI is InChI=1S/C23H22N8O/c1-14-8-20(24)28-15(2)18(14)9-25-21-19-11-31(30-22(19)27-13-26-21)10-17-12-32-23(29-17)16-6-4-3-5-7-16/h3-8,11-13H,9-10H2,1-2H3,(H2,24,28)(H,25,26,27,30). The first-order valence-corrected chi connectivity index (χ1v) is 10.2. The van der Waals surface area contributed by atoms with Crippen LogP contribution in [0.2, 0.25) is 0 Å². The Kier molecular flexibility index (Phi) is 4.98. The molecular formula is C23H22N8O. The maximum atomic E-state index is 5.84. The molecule has 0 aliphatic heterocycles. The molecule has 0 fully saturated rings. The lowest BCUT2D eigenvalue weighted by atomic mass is 10.1. The summed E-state index contributed by atoms with van der Waals surface area (Å²) in [6.07, 6.45) is 5.07. The first-order valence-electron chi connectivity index (χ1n) is 10.2. The molecule has 0 aliphatic carbocycles. The van der Waals surface area contributed by atoms with Gasteiger partial charge in [-0.2, -0.15) is 5.10 Å². The quantitative estimate of drug-likeness (QED) is 0.421. The fourth-order valence-corrected chi connectivity index (χ4v) is 3.69. The monoisotopic (exact) mass is 426 g/mol. The number of nitrogens with zero attached hydrogens (tertiary/aromatic N) is 6. The number of oxazole rings is 1. The van der Waals surface area contributed by atoms with Gasteiger partial charge in [-0.1, -0.05) is 18.2 Å². The van der Waals surface area contributed by atoms with Crippen LogP contribution in [0, 0.1) is 13.8 Å². The fraction of sp³-hybridized carbons (Fsp3) is 0.174. The highest BCUT2D eigenvalue weighted by Gasteiger charge is 2.13. The number of nitrogen functional groups attached to an aromatic ring is 1. The number of anilines is 2. The van der Waals surface area contributed by atoms with Gasteiger partial charge >= 0.3 is 0 Å². The minimum atomic E-state index is 0.465. The van der Waals surface area contributed by atoms with Crippen molar-refractivity contribution in [2.24, 2.45) is 0 Å². The smallest absolute Gasteiger partial charge is 0.226 e. The van der Waals surface area contributed by atoms with E-state index in [1.54, 1.807) is 10.9 Å². The van der Waals surface area contributed by atoms with Crippen LogP contribution in [0.1, 0.15) is 22.5 Å². The Bertz CT molecular complexity index is 1370. The van der Waals surface area contributed by atoms with Gasteiger partial charge in [0, 0.05) is 24.0 Å². The van der Waals surface area contributed by atoms with Gasteiger partial charge in [0.15, 0.2) is 5.65 Å². The number of benzene rings is 1. The lowest BCUT2D eigenvalue weighted by Gasteiger charge is -2.12. The zero-order valence-electron chi connectivity index (χ0n) is 17.8. The van der Waals surface area contributed by atoms with Gasteiger partial charge in [0.05, 0.1) is 11.9 Å². The maximum Gasteiger partial charge on any atom is 0.226 e. The molecule has 4 heterocycles. The van der Waals surface area contributed by atoms with E-state index >= 15 is 0 Å². The predicted octanol–water partition coefficient (Wildman–Crippen LogP) is 3.74. The molecule has 0 saturated carbocycles. The molecule has 160 valence electrons. The Labute approximate surface area is 184 Å². The zero-order chi connectivity index (χ0) is 22.1. The molecule has 4 aromatic heterocycles. The highest BCUT2D eigenvalue weighted by molar-refractivity contribution is 5.85. The summed E-state index contributed by atoms with van der Waals surface area (Å²) in [5, 5.41) is 8.79. The van der Waals surface area contributed by atoms with Crippen LogP contribution in [-0.4, -0.2) is 29.7 Å². The van der Waals surface area contributed by atoms with Crippen molar-refractivity contribution in [2.75, 3.05) is 11.1 Å². The van der Waals surface area contributed by atoms with Crippen molar-refractivity contribution in [3.05, 3.63) is 77.7 Å². The summed E-state index contributed by atoms with van der Waals surface area (Å²) in [6, 6.07) is 11.7. The number of nitrogens with one attached hydrogen (secondary N) is 1. The lowest BCUT2D eigenvalue weighted by Crippen LogP contribution is -2.08. The second-order valence-electron chi connectivity index (χ2n) is 7.58. The van der Waals surface area contributed by atoms with E-state index in [-0.39, 0.29) is 0 Å². The van der Waals surface area contributed by atoms with Crippen molar-refractivity contribution < 1.29 is 4.42 Å². The molecule has 5 aromatic rings. The molecule has 0 atom stereocenters. The molecule has 0 amide bonds. The third kappa shape index (κ3) is 3.87. The normalized spacial score (nSPS) is 11.2. The summed E-state index contributed by atoms with van der Waals surface area (Å²) in [6.45, 7) is 5.02. The largest absolute Gasteiger partial charge is 0.444 e.